The van der Waals surface area contributed by atoms with Crippen molar-refractivity contribution in [3.05, 3.63) is 53.8 Å². The van der Waals surface area contributed by atoms with E-state index in [-0.39, 0.29) is 89.5 Å². The number of carbonyl (C=O) groups is 6. The number of Topliss-reactive ketones (excluding diaryl/α,β-unsaturated/α-hetero) is 1. The summed E-state index contributed by atoms with van der Waals surface area (Å²) in [5.74, 6) is -4.02. The van der Waals surface area contributed by atoms with E-state index < -0.39 is 23.9 Å². The van der Waals surface area contributed by atoms with Gasteiger partial charge >= 0.3 is 23.9 Å². The van der Waals surface area contributed by atoms with Gasteiger partial charge in [0.2, 0.25) is 5.91 Å². The molecule has 1 amide bonds. The fourth-order valence-electron chi connectivity index (χ4n) is 5.67. The Morgan fingerprint density at radius 2 is 1.18 bits per heavy atom. The van der Waals surface area contributed by atoms with Gasteiger partial charge in [0, 0.05) is 84.1 Å². The number of hydrogen-bond acceptors (Lipinski definition) is 12. The number of ether oxygens (including phenoxy) is 1. The molecule has 3 rings (SSSR count). The molecule has 1 aromatic rings. The van der Waals surface area contributed by atoms with Crippen molar-refractivity contribution in [2.24, 2.45) is 0 Å². The van der Waals surface area contributed by atoms with Crippen LogP contribution < -0.4 is 5.32 Å². The Balaban J connectivity index is 1.57. The summed E-state index contributed by atoms with van der Waals surface area (Å²) < 4.78 is 5.11. The number of ketones is 1. The smallest absolute Gasteiger partial charge is 0.337 e. The molecule has 0 aromatic heterocycles. The Hall–Kier alpha value is -4.64. The van der Waals surface area contributed by atoms with Crippen LogP contribution in [0.1, 0.15) is 31.4 Å². The lowest BCUT2D eigenvalue weighted by Gasteiger charge is -2.32. The first-order valence-corrected chi connectivity index (χ1v) is 16.6. The Labute approximate surface area is 291 Å². The van der Waals surface area contributed by atoms with Crippen LogP contribution in [0.3, 0.4) is 0 Å². The average Bonchev–Trinajstić information content (AvgIpc) is 3.05. The molecule has 4 N–H and O–H groups in total. The number of carboxylic acid groups (broad SMARTS) is 3. The van der Waals surface area contributed by atoms with E-state index in [9.17, 15) is 44.1 Å². The van der Waals surface area contributed by atoms with Crippen molar-refractivity contribution < 1.29 is 48.8 Å². The van der Waals surface area contributed by atoms with Crippen LogP contribution in [0.5, 0.6) is 0 Å². The molecule has 50 heavy (non-hydrogen) atoms. The fourth-order valence-corrected chi connectivity index (χ4v) is 5.67. The highest BCUT2D eigenvalue weighted by Crippen LogP contribution is 2.28. The molecular formula is C34H48N6O10. The minimum atomic E-state index is -1.03. The molecule has 1 fully saturated rings. The van der Waals surface area contributed by atoms with Crippen molar-refractivity contribution in [2.45, 2.75) is 25.8 Å². The first-order chi connectivity index (χ1) is 23.8. The highest BCUT2D eigenvalue weighted by molar-refractivity contribution is 5.94. The van der Waals surface area contributed by atoms with Gasteiger partial charge in [0.15, 0.2) is 0 Å². The van der Waals surface area contributed by atoms with Gasteiger partial charge in [-0.25, -0.2) is 4.79 Å². The summed E-state index contributed by atoms with van der Waals surface area (Å²) in [5.41, 5.74) is 1.92. The predicted molar refractivity (Wildman–Crippen MR) is 182 cm³/mol. The van der Waals surface area contributed by atoms with Crippen molar-refractivity contribution in [1.29, 1.82) is 0 Å². The third kappa shape index (κ3) is 14.1. The van der Waals surface area contributed by atoms with Crippen LogP contribution in [-0.4, -0.2) is 168 Å². The third-order valence-electron chi connectivity index (χ3n) is 8.35. The molecule has 274 valence electrons. The van der Waals surface area contributed by atoms with Gasteiger partial charge in [0.25, 0.3) is 0 Å². The van der Waals surface area contributed by atoms with Gasteiger partial charge in [-0.3, -0.25) is 43.6 Å². The number of esters is 1. The molecule has 2 aliphatic rings. The molecule has 1 atom stereocenters. The van der Waals surface area contributed by atoms with E-state index in [1.807, 2.05) is 35.1 Å². The van der Waals surface area contributed by atoms with Gasteiger partial charge < -0.3 is 30.3 Å². The number of amides is 1. The zero-order valence-corrected chi connectivity index (χ0v) is 28.7. The molecule has 0 aliphatic carbocycles. The number of carboxylic acids is 3. The molecule has 16 heteroatoms. The second kappa shape index (κ2) is 20.1. The van der Waals surface area contributed by atoms with Crippen LogP contribution in [-0.2, 0) is 33.5 Å². The second-order valence-electron chi connectivity index (χ2n) is 12.3. The molecule has 1 unspecified atom stereocenters. The summed E-state index contributed by atoms with van der Waals surface area (Å²) in [5, 5.41) is 30.9. The Morgan fingerprint density at radius 3 is 1.62 bits per heavy atom. The molecule has 16 nitrogen and oxygen atoms in total. The SMILES string of the molecule is CCOC(=O)C1=CC(c2ccc(NC(=O)CCC(=O)CN3CCN(CC(=O)O)CCN(CC(=O)O)CCN(CC(=O)O)CC3)cc2)N(C)C=C1. The van der Waals surface area contributed by atoms with Crippen molar-refractivity contribution in [1.82, 2.24) is 24.5 Å². The topological polar surface area (TPSA) is 201 Å². The van der Waals surface area contributed by atoms with Crippen LogP contribution in [0.2, 0.25) is 0 Å². The molecule has 0 radical (unpaired) electrons. The minimum absolute atomic E-state index is 0.000400. The molecule has 1 saturated heterocycles. The molecule has 2 heterocycles. The molecule has 0 saturated carbocycles. The lowest BCUT2D eigenvalue weighted by atomic mass is 10.00. The Bertz CT molecular complexity index is 1380. The number of carbonyl (C=O) groups excluding carboxylic acids is 3. The van der Waals surface area contributed by atoms with Gasteiger partial charge in [-0.2, -0.15) is 0 Å². The van der Waals surface area contributed by atoms with Crippen molar-refractivity contribution in [3.63, 3.8) is 0 Å². The zero-order valence-electron chi connectivity index (χ0n) is 28.7. The van der Waals surface area contributed by atoms with Gasteiger partial charge in [0.1, 0.15) is 5.78 Å². The monoisotopic (exact) mass is 700 g/mol. The van der Waals surface area contributed by atoms with E-state index in [0.717, 1.165) is 5.56 Å². The Kier molecular flexibility index (Phi) is 16.0. The fraction of sp³-hybridized carbons (Fsp3) is 0.529. The maximum Gasteiger partial charge on any atom is 0.337 e. The first-order valence-electron chi connectivity index (χ1n) is 16.6. The van der Waals surface area contributed by atoms with Crippen molar-refractivity contribution in [3.8, 4) is 0 Å². The van der Waals surface area contributed by atoms with Crippen molar-refractivity contribution in [2.75, 3.05) is 97.5 Å². The molecule has 2 aliphatic heterocycles. The average molecular weight is 701 g/mol. The normalized spacial score (nSPS) is 18.7. The zero-order chi connectivity index (χ0) is 36.6. The lowest BCUT2D eigenvalue weighted by molar-refractivity contribution is -0.140. The summed E-state index contributed by atoms with van der Waals surface area (Å²) in [4.78, 5) is 81.2. The number of rotatable bonds is 15. The Morgan fingerprint density at radius 1 is 0.720 bits per heavy atom. The highest BCUT2D eigenvalue weighted by atomic mass is 16.5. The largest absolute Gasteiger partial charge is 0.480 e. The number of anilines is 1. The maximum atomic E-state index is 13.0. The second-order valence-corrected chi connectivity index (χ2v) is 12.3. The minimum Gasteiger partial charge on any atom is -0.480 e. The first kappa shape index (κ1) is 39.8. The number of benzene rings is 1. The summed E-state index contributed by atoms with van der Waals surface area (Å²) >= 11 is 0. The van der Waals surface area contributed by atoms with Gasteiger partial charge in [-0.15, -0.1) is 0 Å². The van der Waals surface area contributed by atoms with E-state index >= 15 is 0 Å². The number of likely N-dealkylation sites (N-methyl/N-ethyl adjacent to an activating group) is 1. The maximum absolute atomic E-state index is 13.0. The van der Waals surface area contributed by atoms with Crippen LogP contribution in [0.25, 0.3) is 0 Å². The predicted octanol–water partition coefficient (Wildman–Crippen LogP) is 0.440. The van der Waals surface area contributed by atoms with Crippen LogP contribution in [0.15, 0.2) is 48.2 Å². The van der Waals surface area contributed by atoms with Crippen LogP contribution >= 0.6 is 0 Å². The van der Waals surface area contributed by atoms with E-state index in [1.54, 1.807) is 46.0 Å². The van der Waals surface area contributed by atoms with E-state index in [2.05, 4.69) is 5.32 Å². The lowest BCUT2D eigenvalue weighted by Crippen LogP contribution is -2.49. The van der Waals surface area contributed by atoms with Gasteiger partial charge in [-0.1, -0.05) is 12.1 Å². The molecular weight excluding hydrogens is 652 g/mol. The summed E-state index contributed by atoms with van der Waals surface area (Å²) in [7, 11) is 1.89. The van der Waals surface area contributed by atoms with E-state index in [0.29, 0.717) is 37.4 Å². The van der Waals surface area contributed by atoms with Gasteiger partial charge in [0.05, 0.1) is 44.4 Å². The van der Waals surface area contributed by atoms with Gasteiger partial charge in [-0.05, 0) is 36.8 Å². The third-order valence-corrected chi connectivity index (χ3v) is 8.35. The highest BCUT2D eigenvalue weighted by Gasteiger charge is 2.23. The number of hydrogen-bond donors (Lipinski definition) is 4. The van der Waals surface area contributed by atoms with E-state index in [1.165, 1.54) is 0 Å². The summed E-state index contributed by atoms with van der Waals surface area (Å²) in [6.07, 6.45) is 5.25. The number of aliphatic carboxylic acids is 3. The molecule has 1 aromatic carbocycles. The molecule has 0 bridgehead atoms. The van der Waals surface area contributed by atoms with Crippen molar-refractivity contribution >= 4 is 41.3 Å². The summed E-state index contributed by atoms with van der Waals surface area (Å²) in [6.45, 7) is 3.60. The quantitative estimate of drug-likeness (QED) is 0.184. The summed E-state index contributed by atoms with van der Waals surface area (Å²) in [6, 6.07) is 7.00. The number of nitrogens with zero attached hydrogens (tertiary/aromatic N) is 5. The van der Waals surface area contributed by atoms with Crippen LogP contribution in [0, 0.1) is 0 Å². The van der Waals surface area contributed by atoms with Crippen LogP contribution in [0.4, 0.5) is 5.69 Å². The van der Waals surface area contributed by atoms with E-state index in [4.69, 9.17) is 4.74 Å². The standard InChI is InChI=1S/C34H48N6O10/c1-3-50-34(49)26-10-11-36(2)29(20-26)25-4-6-27(7-5-25)35-30(42)9-8-28(41)21-37-12-14-38(22-31(43)44)16-18-40(24-33(47)48)19-17-39(15-13-37)23-32(45)46/h4-7,10-11,20,29H,3,8-9,12-19,21-24H2,1-2H3,(H,35,42)(H,43,44)(H,45,46)(H,47,48). The molecule has 0 spiro atoms. The number of nitrogens with one attached hydrogen (secondary N) is 1.